The summed E-state index contributed by atoms with van der Waals surface area (Å²) >= 11 is 6.41. The monoisotopic (exact) mass is 617 g/mol. The van der Waals surface area contributed by atoms with E-state index >= 15 is 4.39 Å². The summed E-state index contributed by atoms with van der Waals surface area (Å²) in [6.45, 7) is 0. The van der Waals surface area contributed by atoms with Crippen LogP contribution in [0.1, 0.15) is 42.9 Å². The molecule has 2 fully saturated rings. The van der Waals surface area contributed by atoms with E-state index in [2.05, 4.69) is 10.3 Å². The van der Waals surface area contributed by atoms with Crippen LogP contribution in [0.25, 0.3) is 0 Å². The van der Waals surface area contributed by atoms with E-state index < -0.39 is 89.1 Å². The molecule has 1 aliphatic heterocycles. The zero-order valence-corrected chi connectivity index (χ0v) is 22.8. The highest BCUT2D eigenvalue weighted by molar-refractivity contribution is 6.31. The van der Waals surface area contributed by atoms with Crippen molar-refractivity contribution in [1.29, 1.82) is 5.26 Å². The van der Waals surface area contributed by atoms with Gasteiger partial charge in [0.15, 0.2) is 11.6 Å². The van der Waals surface area contributed by atoms with Gasteiger partial charge in [0, 0.05) is 48.2 Å². The lowest BCUT2D eigenvalue weighted by atomic mass is 9.87. The molecule has 0 radical (unpaired) electrons. The normalized spacial score (nSPS) is 18.5. The number of halogens is 6. The van der Waals surface area contributed by atoms with Gasteiger partial charge in [-0.05, 0) is 30.7 Å². The Labute approximate surface area is 246 Å². The molecule has 8 nitrogen and oxygen atoms in total. The van der Waals surface area contributed by atoms with Crippen molar-refractivity contribution in [3.63, 3.8) is 0 Å². The highest BCUT2D eigenvalue weighted by Crippen LogP contribution is 2.40. The number of pyridine rings is 1. The van der Waals surface area contributed by atoms with Gasteiger partial charge in [-0.3, -0.25) is 24.2 Å². The largest absolute Gasteiger partial charge is 0.351 e. The third-order valence-electron chi connectivity index (χ3n) is 7.22. The summed E-state index contributed by atoms with van der Waals surface area (Å²) in [4.78, 5) is 46.4. The number of anilines is 2. The molecule has 1 saturated heterocycles. The van der Waals surface area contributed by atoms with Crippen molar-refractivity contribution in [1.82, 2.24) is 10.3 Å². The minimum atomic E-state index is -3.00. The van der Waals surface area contributed by atoms with Crippen molar-refractivity contribution >= 4 is 40.8 Å². The number of nitrogens with zero attached hydrogens (tertiary/aromatic N) is 4. The zero-order valence-electron chi connectivity index (χ0n) is 22.0. The number of nitriles is 1. The second kappa shape index (κ2) is 11.6. The third kappa shape index (κ3) is 5.87. The van der Waals surface area contributed by atoms with Crippen LogP contribution >= 0.6 is 11.6 Å². The minimum Gasteiger partial charge on any atom is -0.351 e. The molecule has 2 aromatic carbocycles. The summed E-state index contributed by atoms with van der Waals surface area (Å²) in [6, 6.07) is 6.25. The zero-order chi connectivity index (χ0) is 31.1. The SMILES string of the molecule is N#Cc1ccnc(N2C(=O)CCC2C(=O)N(c2cc(F)cc(F)c2)C(C(=O)NC2CC(F)(F)C2)c2ccccc2Cl)c1F. The van der Waals surface area contributed by atoms with Crippen LogP contribution in [0.3, 0.4) is 0 Å². The molecule has 0 spiro atoms. The summed E-state index contributed by atoms with van der Waals surface area (Å²) in [6.07, 6.45) is -0.739. The maximum Gasteiger partial charge on any atom is 0.252 e. The summed E-state index contributed by atoms with van der Waals surface area (Å²) in [5.74, 6) is -9.82. The first-order chi connectivity index (χ1) is 20.4. The van der Waals surface area contributed by atoms with Crippen molar-refractivity contribution in [2.24, 2.45) is 0 Å². The number of hydrogen-bond donors (Lipinski definition) is 1. The lowest BCUT2D eigenvalue weighted by Crippen LogP contribution is -2.56. The molecule has 43 heavy (non-hydrogen) atoms. The van der Waals surface area contributed by atoms with Crippen molar-refractivity contribution in [2.45, 2.75) is 49.7 Å². The van der Waals surface area contributed by atoms with Crippen LogP contribution in [0.5, 0.6) is 0 Å². The fourth-order valence-electron chi connectivity index (χ4n) is 5.25. The maximum absolute atomic E-state index is 15.2. The van der Waals surface area contributed by atoms with Crippen LogP contribution < -0.4 is 15.1 Å². The van der Waals surface area contributed by atoms with E-state index in [1.165, 1.54) is 24.3 Å². The minimum absolute atomic E-state index is 0.0163. The molecule has 14 heteroatoms. The third-order valence-corrected chi connectivity index (χ3v) is 7.57. The first-order valence-electron chi connectivity index (χ1n) is 13.0. The van der Waals surface area contributed by atoms with Crippen LogP contribution in [0.4, 0.5) is 33.5 Å². The van der Waals surface area contributed by atoms with Gasteiger partial charge in [0.25, 0.3) is 11.8 Å². The van der Waals surface area contributed by atoms with Crippen LogP contribution in [0.2, 0.25) is 5.02 Å². The van der Waals surface area contributed by atoms with E-state index in [1.807, 2.05) is 0 Å². The van der Waals surface area contributed by atoms with Gasteiger partial charge >= 0.3 is 0 Å². The fraction of sp³-hybridized carbons (Fsp3) is 0.276. The number of alkyl halides is 2. The Bertz CT molecular complexity index is 1640. The molecule has 3 amide bonds. The fourth-order valence-corrected chi connectivity index (χ4v) is 5.49. The number of aromatic nitrogens is 1. The maximum atomic E-state index is 15.2. The highest BCUT2D eigenvalue weighted by atomic mass is 35.5. The molecule has 1 aliphatic carbocycles. The number of amides is 3. The van der Waals surface area contributed by atoms with Crippen molar-refractivity contribution in [2.75, 3.05) is 9.80 Å². The van der Waals surface area contributed by atoms with E-state index in [1.54, 1.807) is 6.07 Å². The van der Waals surface area contributed by atoms with Gasteiger partial charge in [-0.1, -0.05) is 29.8 Å². The second-order valence-corrected chi connectivity index (χ2v) is 10.6. The Morgan fingerprint density at radius 2 is 1.79 bits per heavy atom. The molecule has 2 aliphatic rings. The Morgan fingerprint density at radius 1 is 1.12 bits per heavy atom. The van der Waals surface area contributed by atoms with Gasteiger partial charge in [0.1, 0.15) is 29.8 Å². The van der Waals surface area contributed by atoms with E-state index in [0.29, 0.717) is 11.0 Å². The van der Waals surface area contributed by atoms with Crippen molar-refractivity contribution in [3.05, 3.63) is 88.3 Å². The van der Waals surface area contributed by atoms with Crippen LogP contribution in [-0.2, 0) is 14.4 Å². The lowest BCUT2D eigenvalue weighted by Gasteiger charge is -2.39. The topological polar surface area (TPSA) is 106 Å². The quantitative estimate of drug-likeness (QED) is 0.367. The Morgan fingerprint density at radius 3 is 2.42 bits per heavy atom. The first-order valence-corrected chi connectivity index (χ1v) is 13.4. The standard InChI is InChI=1S/C29H21ClF5N5O3/c30-21-4-2-1-3-20(21)25(27(42)38-18-12-29(34,35)13-18)39(19-10-16(31)9-17(32)11-19)28(43)22-5-6-23(41)40(22)26-24(33)15(14-36)7-8-37-26/h1-4,7-11,18,22,25H,5-6,12-13H2,(H,38,42). The number of rotatable bonds is 7. The van der Waals surface area contributed by atoms with Gasteiger partial charge in [0.2, 0.25) is 11.8 Å². The van der Waals surface area contributed by atoms with Gasteiger partial charge in [-0.25, -0.2) is 26.9 Å². The highest BCUT2D eigenvalue weighted by Gasteiger charge is 2.49. The van der Waals surface area contributed by atoms with E-state index in [-0.39, 0.29) is 23.4 Å². The predicted molar refractivity (Wildman–Crippen MR) is 144 cm³/mol. The molecule has 1 aromatic heterocycles. The average Bonchev–Trinajstić information content (AvgIpc) is 3.31. The molecule has 2 atom stereocenters. The molecular weight excluding hydrogens is 597 g/mol. The molecule has 2 heterocycles. The summed E-state index contributed by atoms with van der Waals surface area (Å²) in [7, 11) is 0. The molecule has 5 rings (SSSR count). The number of hydrogen-bond acceptors (Lipinski definition) is 5. The number of nitrogens with one attached hydrogen (secondary N) is 1. The van der Waals surface area contributed by atoms with E-state index in [4.69, 9.17) is 11.6 Å². The molecule has 2 unspecified atom stereocenters. The van der Waals surface area contributed by atoms with Crippen LogP contribution in [0, 0.1) is 28.8 Å². The number of carbonyl (C=O) groups excluding carboxylic acids is 3. The summed E-state index contributed by atoms with van der Waals surface area (Å²) in [5, 5.41) is 11.7. The van der Waals surface area contributed by atoms with Gasteiger partial charge in [0.05, 0.1) is 11.3 Å². The van der Waals surface area contributed by atoms with Crippen molar-refractivity contribution < 1.29 is 36.3 Å². The molecule has 0 bridgehead atoms. The smallest absolute Gasteiger partial charge is 0.252 e. The van der Waals surface area contributed by atoms with Crippen molar-refractivity contribution in [3.8, 4) is 6.07 Å². The Hall–Kier alpha value is -4.57. The average molecular weight is 618 g/mol. The van der Waals surface area contributed by atoms with E-state index in [9.17, 15) is 37.2 Å². The summed E-state index contributed by atoms with van der Waals surface area (Å²) in [5.41, 5.74) is -0.928. The molecular formula is C29H21ClF5N5O3. The van der Waals surface area contributed by atoms with Crippen LogP contribution in [-0.4, -0.2) is 40.7 Å². The first kappa shape index (κ1) is 29.9. The lowest BCUT2D eigenvalue weighted by molar-refractivity contribution is -0.133. The van der Waals surface area contributed by atoms with Gasteiger partial charge < -0.3 is 5.32 Å². The Balaban J connectivity index is 1.65. The molecule has 1 saturated carbocycles. The summed E-state index contributed by atoms with van der Waals surface area (Å²) < 4.78 is 71.4. The van der Waals surface area contributed by atoms with Gasteiger partial charge in [-0.15, -0.1) is 0 Å². The van der Waals surface area contributed by atoms with E-state index in [0.717, 1.165) is 29.3 Å². The van der Waals surface area contributed by atoms with Gasteiger partial charge in [-0.2, -0.15) is 5.26 Å². The second-order valence-electron chi connectivity index (χ2n) is 10.2. The van der Waals surface area contributed by atoms with Crippen LogP contribution in [0.15, 0.2) is 54.7 Å². The number of carbonyl (C=O) groups is 3. The predicted octanol–water partition coefficient (Wildman–Crippen LogP) is 5.21. The molecule has 222 valence electrons. The molecule has 3 aromatic rings. The molecule has 1 N–H and O–H groups in total. The Kier molecular flexibility index (Phi) is 8.07. The number of benzene rings is 2.